The van der Waals surface area contributed by atoms with Gasteiger partial charge in [0.2, 0.25) is 5.91 Å². The highest BCUT2D eigenvalue weighted by molar-refractivity contribution is 5.76. The standard InChI is InChI=1S/C16H30N2O2/c1-15(2,3)11-14(20)17-9-7-6-8-12-13(19)10-16(4,5)18-12/h10,12,18-19H,6-9,11H2,1-5H3,(H,17,20)/t12-/m1/s1. The fourth-order valence-corrected chi connectivity index (χ4v) is 2.50. The van der Waals surface area contributed by atoms with Crippen molar-refractivity contribution in [2.45, 2.75) is 71.9 Å². The number of hydrogen-bond donors (Lipinski definition) is 3. The van der Waals surface area contributed by atoms with Gasteiger partial charge in [-0.3, -0.25) is 10.1 Å². The number of aliphatic hydroxyl groups is 1. The summed E-state index contributed by atoms with van der Waals surface area (Å²) in [5.41, 5.74) is -0.0737. The van der Waals surface area contributed by atoms with E-state index in [-0.39, 0.29) is 22.9 Å². The summed E-state index contributed by atoms with van der Waals surface area (Å²) in [5.74, 6) is 0.576. The Hall–Kier alpha value is -1.03. The zero-order chi connectivity index (χ0) is 15.4. The monoisotopic (exact) mass is 282 g/mol. The van der Waals surface area contributed by atoms with Gasteiger partial charge in [0.05, 0.1) is 6.04 Å². The third kappa shape index (κ3) is 6.42. The molecule has 4 nitrogen and oxygen atoms in total. The first-order valence-electron chi connectivity index (χ1n) is 7.55. The number of carbonyl (C=O) groups is 1. The van der Waals surface area contributed by atoms with Crippen molar-refractivity contribution in [3.63, 3.8) is 0 Å². The van der Waals surface area contributed by atoms with Crippen molar-refractivity contribution < 1.29 is 9.90 Å². The normalized spacial score (nSPS) is 21.6. The van der Waals surface area contributed by atoms with Gasteiger partial charge in [0.25, 0.3) is 0 Å². The largest absolute Gasteiger partial charge is 0.511 e. The topological polar surface area (TPSA) is 61.4 Å². The maximum Gasteiger partial charge on any atom is 0.220 e. The molecule has 116 valence electrons. The van der Waals surface area contributed by atoms with Gasteiger partial charge in [-0.15, -0.1) is 0 Å². The molecule has 0 radical (unpaired) electrons. The Kier molecular flexibility index (Phi) is 5.63. The van der Waals surface area contributed by atoms with E-state index in [1.165, 1.54) is 0 Å². The minimum absolute atomic E-state index is 0.0417. The van der Waals surface area contributed by atoms with Crippen LogP contribution < -0.4 is 10.6 Å². The highest BCUT2D eigenvalue weighted by Gasteiger charge is 2.29. The molecule has 0 spiro atoms. The van der Waals surface area contributed by atoms with Crippen LogP contribution in [0.5, 0.6) is 0 Å². The van der Waals surface area contributed by atoms with Crippen LogP contribution in [0.25, 0.3) is 0 Å². The molecule has 0 unspecified atom stereocenters. The maximum atomic E-state index is 11.6. The van der Waals surface area contributed by atoms with Gasteiger partial charge in [0.1, 0.15) is 5.76 Å². The van der Waals surface area contributed by atoms with Crippen LogP contribution in [-0.4, -0.2) is 29.1 Å². The van der Waals surface area contributed by atoms with Crippen LogP contribution in [0.15, 0.2) is 11.8 Å². The van der Waals surface area contributed by atoms with E-state index in [1.54, 1.807) is 0 Å². The zero-order valence-corrected chi connectivity index (χ0v) is 13.5. The first-order valence-corrected chi connectivity index (χ1v) is 7.55. The first-order chi connectivity index (χ1) is 9.09. The summed E-state index contributed by atoms with van der Waals surface area (Å²) < 4.78 is 0. The molecular formula is C16H30N2O2. The summed E-state index contributed by atoms with van der Waals surface area (Å²) in [6.45, 7) is 11.0. The molecule has 0 saturated heterocycles. The highest BCUT2D eigenvalue weighted by Crippen LogP contribution is 2.22. The average molecular weight is 282 g/mol. The Balaban J connectivity index is 2.12. The number of nitrogens with one attached hydrogen (secondary N) is 2. The smallest absolute Gasteiger partial charge is 0.220 e. The van der Waals surface area contributed by atoms with E-state index in [2.05, 4.69) is 45.3 Å². The molecule has 1 aliphatic rings. The lowest BCUT2D eigenvalue weighted by Crippen LogP contribution is -2.39. The minimum atomic E-state index is -0.115. The van der Waals surface area contributed by atoms with Crippen molar-refractivity contribution in [2.75, 3.05) is 6.54 Å². The van der Waals surface area contributed by atoms with Gasteiger partial charge in [0, 0.05) is 18.5 Å². The van der Waals surface area contributed by atoms with Crippen LogP contribution in [0, 0.1) is 5.41 Å². The second-order valence-electron chi connectivity index (χ2n) is 7.57. The molecule has 1 atom stereocenters. The average Bonchev–Trinajstić information content (AvgIpc) is 2.48. The predicted octanol–water partition coefficient (Wildman–Crippen LogP) is 2.90. The lowest BCUT2D eigenvalue weighted by molar-refractivity contribution is -0.122. The molecule has 0 aromatic heterocycles. The van der Waals surface area contributed by atoms with Crippen molar-refractivity contribution in [3.05, 3.63) is 11.8 Å². The second-order valence-corrected chi connectivity index (χ2v) is 7.57. The van der Waals surface area contributed by atoms with E-state index in [4.69, 9.17) is 0 Å². The van der Waals surface area contributed by atoms with Crippen LogP contribution in [0.2, 0.25) is 0 Å². The van der Waals surface area contributed by atoms with E-state index in [9.17, 15) is 9.90 Å². The van der Waals surface area contributed by atoms with Crippen molar-refractivity contribution in [3.8, 4) is 0 Å². The SMILES string of the molecule is CC(C)(C)CC(=O)NCCCC[C@H]1NC(C)(C)C=C1O. The molecule has 0 bridgehead atoms. The third-order valence-electron chi connectivity index (χ3n) is 3.34. The number of amides is 1. The minimum Gasteiger partial charge on any atom is -0.511 e. The first kappa shape index (κ1) is 17.0. The van der Waals surface area contributed by atoms with Gasteiger partial charge in [0.15, 0.2) is 0 Å². The van der Waals surface area contributed by atoms with Gasteiger partial charge in [-0.25, -0.2) is 0 Å². The predicted molar refractivity (Wildman–Crippen MR) is 82.6 cm³/mol. The number of aliphatic hydroxyl groups excluding tert-OH is 1. The van der Waals surface area contributed by atoms with Gasteiger partial charge < -0.3 is 10.4 Å². The van der Waals surface area contributed by atoms with E-state index < -0.39 is 0 Å². The molecule has 20 heavy (non-hydrogen) atoms. The molecule has 0 aromatic rings. The van der Waals surface area contributed by atoms with Crippen molar-refractivity contribution in [1.82, 2.24) is 10.6 Å². The third-order valence-corrected chi connectivity index (χ3v) is 3.34. The van der Waals surface area contributed by atoms with E-state index in [0.717, 1.165) is 25.8 Å². The number of unbranched alkanes of at least 4 members (excludes halogenated alkanes) is 1. The van der Waals surface area contributed by atoms with Crippen LogP contribution in [0.1, 0.15) is 60.3 Å². The summed E-state index contributed by atoms with van der Waals surface area (Å²) in [5, 5.41) is 16.2. The summed E-state index contributed by atoms with van der Waals surface area (Å²) in [6, 6.07) is 0.0651. The molecule has 0 aliphatic carbocycles. The summed E-state index contributed by atoms with van der Waals surface area (Å²) >= 11 is 0. The molecule has 1 aliphatic heterocycles. The molecule has 0 aromatic carbocycles. The molecule has 1 amide bonds. The van der Waals surface area contributed by atoms with Gasteiger partial charge in [-0.2, -0.15) is 0 Å². The Morgan fingerprint density at radius 1 is 1.40 bits per heavy atom. The molecule has 0 fully saturated rings. The Labute approximate surface area is 123 Å². The highest BCUT2D eigenvalue weighted by atomic mass is 16.3. The molecule has 1 rings (SSSR count). The molecular weight excluding hydrogens is 252 g/mol. The zero-order valence-electron chi connectivity index (χ0n) is 13.5. The Bertz CT molecular complexity index is 367. The van der Waals surface area contributed by atoms with Crippen LogP contribution in [0.3, 0.4) is 0 Å². The van der Waals surface area contributed by atoms with Crippen LogP contribution in [0.4, 0.5) is 0 Å². The van der Waals surface area contributed by atoms with E-state index >= 15 is 0 Å². The second kappa shape index (κ2) is 6.61. The number of hydrogen-bond acceptors (Lipinski definition) is 3. The van der Waals surface area contributed by atoms with Crippen LogP contribution in [-0.2, 0) is 4.79 Å². The fraction of sp³-hybridized carbons (Fsp3) is 0.812. The van der Waals surface area contributed by atoms with Gasteiger partial charge >= 0.3 is 0 Å². The Morgan fingerprint density at radius 3 is 2.55 bits per heavy atom. The number of rotatable bonds is 6. The quantitative estimate of drug-likeness (QED) is 0.656. The molecule has 3 N–H and O–H groups in total. The van der Waals surface area contributed by atoms with Crippen molar-refractivity contribution >= 4 is 5.91 Å². The lowest BCUT2D eigenvalue weighted by Gasteiger charge is -2.20. The lowest BCUT2D eigenvalue weighted by atomic mass is 9.92. The fourth-order valence-electron chi connectivity index (χ4n) is 2.50. The summed E-state index contributed by atoms with van der Waals surface area (Å²) in [6.07, 6.45) is 5.28. The maximum absolute atomic E-state index is 11.6. The molecule has 4 heteroatoms. The molecule has 1 heterocycles. The van der Waals surface area contributed by atoms with Crippen molar-refractivity contribution in [1.29, 1.82) is 0 Å². The Morgan fingerprint density at radius 2 is 2.05 bits per heavy atom. The van der Waals surface area contributed by atoms with Gasteiger partial charge in [-0.05, 0) is 44.6 Å². The van der Waals surface area contributed by atoms with E-state index in [1.807, 2.05) is 6.08 Å². The summed E-state index contributed by atoms with van der Waals surface area (Å²) in [7, 11) is 0. The van der Waals surface area contributed by atoms with Crippen molar-refractivity contribution in [2.24, 2.45) is 5.41 Å². The van der Waals surface area contributed by atoms with Gasteiger partial charge in [-0.1, -0.05) is 20.8 Å². The molecule has 0 saturated carbocycles. The van der Waals surface area contributed by atoms with Crippen LogP contribution >= 0.6 is 0 Å². The number of carbonyl (C=O) groups excluding carboxylic acids is 1. The van der Waals surface area contributed by atoms with E-state index in [0.29, 0.717) is 12.2 Å². The summed E-state index contributed by atoms with van der Waals surface area (Å²) in [4.78, 5) is 11.6.